The Balaban J connectivity index is 1.96. The van der Waals surface area contributed by atoms with Crippen LogP contribution in [0, 0.1) is 0 Å². The van der Waals surface area contributed by atoms with E-state index in [-0.39, 0.29) is 12.5 Å². The van der Waals surface area contributed by atoms with Gasteiger partial charge in [-0.25, -0.2) is 4.98 Å². The first-order valence-electron chi connectivity index (χ1n) is 8.20. The van der Waals surface area contributed by atoms with E-state index in [0.717, 1.165) is 5.39 Å². The van der Waals surface area contributed by atoms with Crippen LogP contribution in [0.2, 0.25) is 0 Å². The van der Waals surface area contributed by atoms with Gasteiger partial charge in [0.05, 0.1) is 24.7 Å². The van der Waals surface area contributed by atoms with E-state index in [9.17, 15) is 4.79 Å². The molecule has 0 spiro atoms. The second-order valence-electron chi connectivity index (χ2n) is 5.49. The van der Waals surface area contributed by atoms with E-state index >= 15 is 0 Å². The minimum atomic E-state index is -0.129. The number of rotatable bonds is 6. The fourth-order valence-corrected chi connectivity index (χ4v) is 2.59. The van der Waals surface area contributed by atoms with Crippen molar-refractivity contribution < 1.29 is 13.9 Å². The first kappa shape index (κ1) is 16.9. The molecule has 25 heavy (non-hydrogen) atoms. The number of carbonyl (C=O) groups excluding carboxylic acids is 1. The third-order valence-corrected chi connectivity index (χ3v) is 3.94. The van der Waals surface area contributed by atoms with Gasteiger partial charge in [-0.2, -0.15) is 0 Å². The van der Waals surface area contributed by atoms with E-state index in [1.807, 2.05) is 38.1 Å². The number of hydrogen-bond acceptors (Lipinski definition) is 6. The van der Waals surface area contributed by atoms with E-state index in [2.05, 4.69) is 15.2 Å². The van der Waals surface area contributed by atoms with Gasteiger partial charge >= 0.3 is 0 Å². The highest BCUT2D eigenvalue weighted by atomic mass is 16.5. The summed E-state index contributed by atoms with van der Waals surface area (Å²) in [6.07, 6.45) is 0.666. The smallest absolute Gasteiger partial charge is 0.255 e. The topological polar surface area (TPSA) is 81.4 Å². The van der Waals surface area contributed by atoms with Gasteiger partial charge < -0.3 is 14.1 Å². The molecule has 0 saturated carbocycles. The van der Waals surface area contributed by atoms with E-state index in [4.69, 9.17) is 9.15 Å². The quantitative estimate of drug-likeness (QED) is 0.686. The van der Waals surface area contributed by atoms with Crippen LogP contribution in [0.25, 0.3) is 10.9 Å². The van der Waals surface area contributed by atoms with Crippen molar-refractivity contribution in [3.05, 3.63) is 47.7 Å². The van der Waals surface area contributed by atoms with Crippen molar-refractivity contribution in [1.82, 2.24) is 20.1 Å². The van der Waals surface area contributed by atoms with Crippen LogP contribution in [-0.4, -0.2) is 39.6 Å². The number of amides is 1. The molecule has 0 aliphatic carbocycles. The third-order valence-electron chi connectivity index (χ3n) is 3.94. The highest BCUT2D eigenvalue weighted by Gasteiger charge is 2.21. The summed E-state index contributed by atoms with van der Waals surface area (Å²) < 4.78 is 10.8. The summed E-state index contributed by atoms with van der Waals surface area (Å²) in [7, 11) is 1.54. The molecule has 2 aromatic heterocycles. The van der Waals surface area contributed by atoms with Gasteiger partial charge in [-0.05, 0) is 13.0 Å². The van der Waals surface area contributed by atoms with Crippen molar-refractivity contribution >= 4 is 16.8 Å². The molecule has 0 aliphatic heterocycles. The van der Waals surface area contributed by atoms with Crippen LogP contribution in [-0.2, 0) is 13.0 Å². The maximum Gasteiger partial charge on any atom is 0.255 e. The Labute approximate surface area is 145 Å². The monoisotopic (exact) mass is 340 g/mol. The fourth-order valence-electron chi connectivity index (χ4n) is 2.59. The summed E-state index contributed by atoms with van der Waals surface area (Å²) in [5.41, 5.74) is 1.26. The largest absolute Gasteiger partial charge is 0.481 e. The van der Waals surface area contributed by atoms with Crippen LogP contribution in [0.15, 0.2) is 34.7 Å². The number of aromatic nitrogens is 3. The molecule has 0 saturated heterocycles. The van der Waals surface area contributed by atoms with E-state index < -0.39 is 0 Å². The number of methoxy groups -OCH3 is 1. The number of benzene rings is 1. The Morgan fingerprint density at radius 1 is 1.20 bits per heavy atom. The van der Waals surface area contributed by atoms with Crippen molar-refractivity contribution in [3.8, 4) is 5.88 Å². The van der Waals surface area contributed by atoms with Crippen LogP contribution in [0.5, 0.6) is 5.88 Å². The Morgan fingerprint density at radius 2 is 1.96 bits per heavy atom. The summed E-state index contributed by atoms with van der Waals surface area (Å²) >= 11 is 0. The summed E-state index contributed by atoms with van der Waals surface area (Å²) in [5.74, 6) is 1.27. The molecular formula is C18H20N4O3. The molecule has 1 aromatic carbocycles. The van der Waals surface area contributed by atoms with Crippen molar-refractivity contribution in [2.45, 2.75) is 26.8 Å². The minimum Gasteiger partial charge on any atom is -0.481 e. The van der Waals surface area contributed by atoms with Crippen molar-refractivity contribution in [3.63, 3.8) is 0 Å². The molecule has 0 bridgehead atoms. The Morgan fingerprint density at radius 3 is 2.64 bits per heavy atom. The van der Waals surface area contributed by atoms with Gasteiger partial charge in [0.1, 0.15) is 0 Å². The molecule has 130 valence electrons. The molecule has 0 N–H and O–H groups in total. The maximum absolute atomic E-state index is 13.1. The van der Waals surface area contributed by atoms with Crippen molar-refractivity contribution in [2.24, 2.45) is 0 Å². The predicted octanol–water partition coefficient (Wildman–Crippen LogP) is 2.85. The molecular weight excluding hydrogens is 320 g/mol. The first-order chi connectivity index (χ1) is 12.2. The van der Waals surface area contributed by atoms with Gasteiger partial charge in [0.25, 0.3) is 5.91 Å². The molecule has 0 radical (unpaired) electrons. The van der Waals surface area contributed by atoms with Crippen LogP contribution >= 0.6 is 0 Å². The van der Waals surface area contributed by atoms with Crippen LogP contribution < -0.4 is 4.74 Å². The van der Waals surface area contributed by atoms with Gasteiger partial charge in [0.15, 0.2) is 0 Å². The Kier molecular flexibility index (Phi) is 4.92. The van der Waals surface area contributed by atoms with Gasteiger partial charge in [-0.1, -0.05) is 25.1 Å². The van der Waals surface area contributed by atoms with Crippen molar-refractivity contribution in [2.75, 3.05) is 13.7 Å². The lowest BCUT2D eigenvalue weighted by Crippen LogP contribution is -2.30. The number of carbonyl (C=O) groups is 1. The first-order valence-corrected chi connectivity index (χ1v) is 8.20. The van der Waals surface area contributed by atoms with Gasteiger partial charge in [-0.3, -0.25) is 4.79 Å². The van der Waals surface area contributed by atoms with E-state index in [0.29, 0.717) is 41.7 Å². The lowest BCUT2D eigenvalue weighted by Gasteiger charge is -2.20. The molecule has 7 heteroatoms. The highest BCUT2D eigenvalue weighted by molar-refractivity contribution is 6.06. The number of ether oxygens (including phenoxy) is 1. The number of pyridine rings is 1. The normalized spacial score (nSPS) is 10.8. The number of aryl methyl sites for hydroxylation is 1. The van der Waals surface area contributed by atoms with Gasteiger partial charge in [0.2, 0.25) is 17.7 Å². The second-order valence-corrected chi connectivity index (χ2v) is 5.49. The molecule has 2 heterocycles. The fraction of sp³-hybridized carbons (Fsp3) is 0.333. The molecule has 0 atom stereocenters. The zero-order chi connectivity index (χ0) is 17.8. The highest BCUT2D eigenvalue weighted by Crippen LogP contribution is 2.23. The summed E-state index contributed by atoms with van der Waals surface area (Å²) in [5, 5.41) is 8.73. The van der Waals surface area contributed by atoms with Crippen LogP contribution in [0.4, 0.5) is 0 Å². The summed E-state index contributed by atoms with van der Waals surface area (Å²) in [6.45, 7) is 4.63. The van der Waals surface area contributed by atoms with Crippen LogP contribution in [0.1, 0.15) is 36.0 Å². The molecule has 3 aromatic rings. The number of para-hydroxylation sites is 1. The van der Waals surface area contributed by atoms with E-state index in [1.54, 1.807) is 11.0 Å². The zero-order valence-electron chi connectivity index (χ0n) is 14.5. The second kappa shape index (κ2) is 7.29. The molecule has 0 fully saturated rings. The summed E-state index contributed by atoms with van der Waals surface area (Å²) in [4.78, 5) is 19.1. The number of nitrogens with zero attached hydrogens (tertiary/aromatic N) is 4. The minimum absolute atomic E-state index is 0.129. The Hall–Kier alpha value is -2.96. The predicted molar refractivity (Wildman–Crippen MR) is 92.4 cm³/mol. The molecule has 1 amide bonds. The summed E-state index contributed by atoms with van der Waals surface area (Å²) in [6, 6.07) is 9.17. The van der Waals surface area contributed by atoms with Gasteiger partial charge in [0, 0.05) is 24.4 Å². The molecule has 0 unspecified atom stereocenters. The lowest BCUT2D eigenvalue weighted by atomic mass is 10.1. The maximum atomic E-state index is 13.1. The van der Waals surface area contributed by atoms with Gasteiger partial charge in [-0.15, -0.1) is 10.2 Å². The Bertz CT molecular complexity index is 891. The van der Waals surface area contributed by atoms with Crippen molar-refractivity contribution in [1.29, 1.82) is 0 Å². The average molecular weight is 340 g/mol. The van der Waals surface area contributed by atoms with E-state index in [1.165, 1.54) is 7.11 Å². The number of hydrogen-bond donors (Lipinski definition) is 0. The third kappa shape index (κ3) is 3.45. The average Bonchev–Trinajstić information content (AvgIpc) is 3.12. The molecule has 3 rings (SSSR count). The molecule has 0 aliphatic rings. The SMILES string of the molecule is CCc1nnc(CN(CC)C(=O)c2cc(OC)nc3ccccc23)o1. The lowest BCUT2D eigenvalue weighted by molar-refractivity contribution is 0.0739. The number of fused-ring (bicyclic) bond motifs is 1. The molecule has 7 nitrogen and oxygen atoms in total. The zero-order valence-corrected chi connectivity index (χ0v) is 14.5. The van der Waals surface area contributed by atoms with Crippen LogP contribution in [0.3, 0.4) is 0 Å². The standard InChI is InChI=1S/C18H20N4O3/c1-4-15-20-21-17(25-15)11-22(5-2)18(23)13-10-16(24-3)19-14-9-7-6-8-12(13)14/h6-10H,4-5,11H2,1-3H3.